The number of nitrogens with zero attached hydrogens (tertiary/aromatic N) is 2. The molecule has 1 saturated heterocycles. The lowest BCUT2D eigenvalue weighted by molar-refractivity contribution is 0.324. The molecule has 1 aromatic rings. The summed E-state index contributed by atoms with van der Waals surface area (Å²) >= 11 is 3.41. The van der Waals surface area contributed by atoms with E-state index in [0.29, 0.717) is 5.92 Å². The highest BCUT2D eigenvalue weighted by Crippen LogP contribution is 2.30. The summed E-state index contributed by atoms with van der Waals surface area (Å²) in [4.78, 5) is 2.34. The Balaban J connectivity index is 2.26. The molecule has 0 spiro atoms. The van der Waals surface area contributed by atoms with E-state index in [1.807, 2.05) is 18.2 Å². The van der Waals surface area contributed by atoms with Gasteiger partial charge in [-0.3, -0.25) is 0 Å². The highest BCUT2D eigenvalue weighted by atomic mass is 79.9. The second-order valence-electron chi connectivity index (χ2n) is 4.96. The summed E-state index contributed by atoms with van der Waals surface area (Å²) in [5, 5.41) is 9.19. The van der Waals surface area contributed by atoms with Gasteiger partial charge >= 0.3 is 0 Å². The third-order valence-electron chi connectivity index (χ3n) is 3.75. The van der Waals surface area contributed by atoms with Gasteiger partial charge in [0.05, 0.1) is 11.3 Å². The molecular weight excluding hydrogens is 276 g/mol. The van der Waals surface area contributed by atoms with Gasteiger partial charge in [0.2, 0.25) is 0 Å². The fourth-order valence-corrected chi connectivity index (χ4v) is 2.72. The third kappa shape index (κ3) is 2.63. The first kappa shape index (κ1) is 12.4. The summed E-state index contributed by atoms with van der Waals surface area (Å²) in [5.41, 5.74) is 1.84. The molecule has 0 amide bonds. The van der Waals surface area contributed by atoms with Crippen molar-refractivity contribution in [1.82, 2.24) is 0 Å². The van der Waals surface area contributed by atoms with Gasteiger partial charge in [0, 0.05) is 17.6 Å². The molecule has 2 nitrogen and oxygen atoms in total. The van der Waals surface area contributed by atoms with Crippen LogP contribution in [-0.4, -0.2) is 13.1 Å². The predicted octanol–water partition coefficient (Wildman–Crippen LogP) is 3.80. The Morgan fingerprint density at radius 3 is 2.76 bits per heavy atom. The van der Waals surface area contributed by atoms with E-state index in [1.165, 1.54) is 6.42 Å². The smallest absolute Gasteiger partial charge is 0.101 e. The maximum Gasteiger partial charge on any atom is 0.101 e. The van der Waals surface area contributed by atoms with Crippen molar-refractivity contribution in [3.63, 3.8) is 0 Å². The lowest BCUT2D eigenvalue weighted by Crippen LogP contribution is -2.38. The van der Waals surface area contributed by atoms with Crippen LogP contribution in [-0.2, 0) is 0 Å². The van der Waals surface area contributed by atoms with Crippen LogP contribution in [0.15, 0.2) is 22.7 Å². The van der Waals surface area contributed by atoms with E-state index >= 15 is 0 Å². The number of halogens is 1. The topological polar surface area (TPSA) is 27.0 Å². The van der Waals surface area contributed by atoms with Crippen LogP contribution < -0.4 is 4.90 Å². The zero-order valence-electron chi connectivity index (χ0n) is 10.3. The van der Waals surface area contributed by atoms with Crippen LogP contribution in [0.5, 0.6) is 0 Å². The molecular formula is C14H17BrN2. The molecule has 0 saturated carbocycles. The molecule has 2 atom stereocenters. The van der Waals surface area contributed by atoms with Crippen molar-refractivity contribution < 1.29 is 0 Å². The first-order valence-electron chi connectivity index (χ1n) is 6.06. The Labute approximate surface area is 111 Å². The third-order valence-corrected chi connectivity index (χ3v) is 4.25. The van der Waals surface area contributed by atoms with Crippen molar-refractivity contribution >= 4 is 21.6 Å². The first-order valence-corrected chi connectivity index (χ1v) is 6.85. The summed E-state index contributed by atoms with van der Waals surface area (Å²) in [5.74, 6) is 1.48. The lowest BCUT2D eigenvalue weighted by Gasteiger charge is -2.37. The number of anilines is 1. The van der Waals surface area contributed by atoms with Crippen LogP contribution in [0.3, 0.4) is 0 Å². The molecule has 0 aliphatic carbocycles. The Bertz CT molecular complexity index is 450. The highest BCUT2D eigenvalue weighted by molar-refractivity contribution is 9.10. The number of rotatable bonds is 1. The van der Waals surface area contributed by atoms with Gasteiger partial charge in [-0.15, -0.1) is 0 Å². The van der Waals surface area contributed by atoms with E-state index in [4.69, 9.17) is 0 Å². The summed E-state index contributed by atoms with van der Waals surface area (Å²) in [6.45, 7) is 6.72. The monoisotopic (exact) mass is 292 g/mol. The molecule has 0 N–H and O–H groups in total. The average Bonchev–Trinajstić information content (AvgIpc) is 2.32. The minimum Gasteiger partial charge on any atom is -0.370 e. The first-order chi connectivity index (χ1) is 8.11. The van der Waals surface area contributed by atoms with Gasteiger partial charge in [-0.05, 0) is 36.5 Å². The van der Waals surface area contributed by atoms with Crippen molar-refractivity contribution in [3.05, 3.63) is 28.2 Å². The zero-order valence-corrected chi connectivity index (χ0v) is 11.9. The van der Waals surface area contributed by atoms with Gasteiger partial charge in [-0.2, -0.15) is 5.26 Å². The predicted molar refractivity (Wildman–Crippen MR) is 74.0 cm³/mol. The van der Waals surface area contributed by atoms with Crippen molar-refractivity contribution in [2.75, 3.05) is 18.0 Å². The van der Waals surface area contributed by atoms with Gasteiger partial charge in [-0.1, -0.05) is 29.8 Å². The van der Waals surface area contributed by atoms with Crippen molar-refractivity contribution in [2.45, 2.75) is 20.3 Å². The van der Waals surface area contributed by atoms with Gasteiger partial charge in [0.15, 0.2) is 0 Å². The standard InChI is InChI=1S/C14H17BrN2/c1-10-5-6-17(9-11(10)2)14-4-3-13(15)7-12(14)8-16/h3-4,7,10-11H,5-6,9H2,1-2H3. The fraction of sp³-hybridized carbons (Fsp3) is 0.500. The van der Waals surface area contributed by atoms with E-state index in [2.05, 4.69) is 40.7 Å². The second-order valence-corrected chi connectivity index (χ2v) is 5.88. The molecule has 0 aromatic heterocycles. The molecule has 17 heavy (non-hydrogen) atoms. The van der Waals surface area contributed by atoms with E-state index in [1.54, 1.807) is 0 Å². The Kier molecular flexibility index (Phi) is 3.73. The molecule has 0 radical (unpaired) electrons. The molecule has 1 heterocycles. The summed E-state index contributed by atoms with van der Waals surface area (Å²) in [7, 11) is 0. The minimum atomic E-state index is 0.693. The summed E-state index contributed by atoms with van der Waals surface area (Å²) in [6.07, 6.45) is 1.21. The van der Waals surface area contributed by atoms with Crippen molar-refractivity contribution in [3.8, 4) is 6.07 Å². The lowest BCUT2D eigenvalue weighted by atomic mass is 9.88. The van der Waals surface area contributed by atoms with Crippen LogP contribution in [0.4, 0.5) is 5.69 Å². The summed E-state index contributed by atoms with van der Waals surface area (Å²) < 4.78 is 0.969. The van der Waals surface area contributed by atoms with Crippen molar-refractivity contribution in [2.24, 2.45) is 11.8 Å². The normalized spacial score (nSPS) is 24.5. The van der Waals surface area contributed by atoms with Crippen LogP contribution in [0, 0.1) is 23.2 Å². The van der Waals surface area contributed by atoms with E-state index in [-0.39, 0.29) is 0 Å². The Morgan fingerprint density at radius 2 is 2.12 bits per heavy atom. The van der Waals surface area contributed by atoms with Crippen LogP contribution >= 0.6 is 15.9 Å². The van der Waals surface area contributed by atoms with Gasteiger partial charge in [-0.25, -0.2) is 0 Å². The molecule has 3 heteroatoms. The number of benzene rings is 1. The fourth-order valence-electron chi connectivity index (χ4n) is 2.36. The highest BCUT2D eigenvalue weighted by Gasteiger charge is 2.24. The Morgan fingerprint density at radius 1 is 1.35 bits per heavy atom. The van der Waals surface area contributed by atoms with Crippen molar-refractivity contribution in [1.29, 1.82) is 5.26 Å². The average molecular weight is 293 g/mol. The molecule has 1 fully saturated rings. The maximum atomic E-state index is 9.19. The molecule has 0 bridgehead atoms. The van der Waals surface area contributed by atoms with Gasteiger partial charge in [0.1, 0.15) is 6.07 Å². The molecule has 2 unspecified atom stereocenters. The zero-order chi connectivity index (χ0) is 12.4. The Hall–Kier alpha value is -1.01. The second kappa shape index (κ2) is 5.10. The van der Waals surface area contributed by atoms with E-state index in [0.717, 1.165) is 34.7 Å². The molecule has 1 aliphatic rings. The number of piperidine rings is 1. The van der Waals surface area contributed by atoms with Crippen LogP contribution in [0.25, 0.3) is 0 Å². The largest absolute Gasteiger partial charge is 0.370 e. The van der Waals surface area contributed by atoms with E-state index < -0.39 is 0 Å². The number of nitriles is 1. The molecule has 2 rings (SSSR count). The minimum absolute atomic E-state index is 0.693. The SMILES string of the molecule is CC1CCN(c2ccc(Br)cc2C#N)CC1C. The summed E-state index contributed by atoms with van der Waals surface area (Å²) in [6, 6.07) is 8.25. The molecule has 1 aliphatic heterocycles. The van der Waals surface area contributed by atoms with Gasteiger partial charge in [0.25, 0.3) is 0 Å². The van der Waals surface area contributed by atoms with Crippen LogP contribution in [0.2, 0.25) is 0 Å². The van der Waals surface area contributed by atoms with Crippen LogP contribution in [0.1, 0.15) is 25.8 Å². The quantitative estimate of drug-likeness (QED) is 0.787. The molecule has 1 aromatic carbocycles. The molecule has 90 valence electrons. The van der Waals surface area contributed by atoms with Gasteiger partial charge < -0.3 is 4.90 Å². The number of hydrogen-bond donors (Lipinski definition) is 0. The number of hydrogen-bond acceptors (Lipinski definition) is 2. The van der Waals surface area contributed by atoms with E-state index in [9.17, 15) is 5.26 Å². The maximum absolute atomic E-state index is 9.19.